The zero-order valence-electron chi connectivity index (χ0n) is 8.09. The van der Waals surface area contributed by atoms with Gasteiger partial charge >= 0.3 is 0 Å². The van der Waals surface area contributed by atoms with E-state index in [4.69, 9.17) is 5.73 Å². The van der Waals surface area contributed by atoms with Gasteiger partial charge < -0.3 is 5.73 Å². The molecule has 16 heavy (non-hydrogen) atoms. The van der Waals surface area contributed by atoms with Gasteiger partial charge in [0.05, 0.1) is 20.9 Å². The van der Waals surface area contributed by atoms with Gasteiger partial charge in [0.2, 0.25) is 5.13 Å². The molecule has 1 aromatic carbocycles. The lowest BCUT2D eigenvalue weighted by Crippen LogP contribution is -2.00. The van der Waals surface area contributed by atoms with Crippen LogP contribution in [0.3, 0.4) is 0 Å². The average molecular weight is 295 g/mol. The van der Waals surface area contributed by atoms with Crippen LogP contribution in [0.5, 0.6) is 0 Å². The van der Waals surface area contributed by atoms with E-state index in [1.165, 1.54) is 0 Å². The topological polar surface area (TPSA) is 56.7 Å². The fourth-order valence-electron chi connectivity index (χ4n) is 1.44. The van der Waals surface area contributed by atoms with Crippen LogP contribution in [-0.4, -0.2) is 14.8 Å². The maximum absolute atomic E-state index is 5.88. The van der Waals surface area contributed by atoms with E-state index >= 15 is 0 Å². The van der Waals surface area contributed by atoms with E-state index in [1.54, 1.807) is 22.2 Å². The van der Waals surface area contributed by atoms with Crippen LogP contribution in [-0.2, 0) is 0 Å². The Morgan fingerprint density at radius 1 is 1.31 bits per heavy atom. The fourth-order valence-corrected chi connectivity index (χ4v) is 2.64. The average Bonchev–Trinajstić information content (AvgIpc) is 2.84. The molecular weight excluding hydrogens is 288 g/mol. The van der Waals surface area contributed by atoms with Gasteiger partial charge in [-0.15, -0.1) is 0 Å². The minimum absolute atomic E-state index is 0.569. The lowest BCUT2D eigenvalue weighted by Gasteiger charge is -1.96. The highest BCUT2D eigenvalue weighted by Crippen LogP contribution is 2.28. The number of nitrogens with zero attached hydrogens (tertiary/aromatic N) is 3. The quantitative estimate of drug-likeness (QED) is 0.751. The van der Waals surface area contributed by atoms with Gasteiger partial charge in [-0.25, -0.2) is 4.98 Å². The van der Waals surface area contributed by atoms with Crippen LogP contribution in [0.25, 0.3) is 15.3 Å². The van der Waals surface area contributed by atoms with E-state index in [0.29, 0.717) is 5.82 Å². The standard InChI is InChI=1S/C10H7BrN4S/c11-6-5-13-15(9(6)12)10-14-7-3-1-2-4-8(7)16-10/h1-5H,12H2. The van der Waals surface area contributed by atoms with Crippen molar-refractivity contribution in [3.05, 3.63) is 34.9 Å². The molecule has 0 aliphatic heterocycles. The summed E-state index contributed by atoms with van der Waals surface area (Å²) in [6.45, 7) is 0. The first kappa shape index (κ1) is 9.80. The first-order valence-corrected chi connectivity index (χ1v) is 6.21. The molecule has 0 atom stereocenters. The second-order valence-corrected chi connectivity index (χ2v) is 5.12. The van der Waals surface area contributed by atoms with Crippen LogP contribution in [0, 0.1) is 0 Å². The van der Waals surface area contributed by atoms with Crippen molar-refractivity contribution >= 4 is 43.3 Å². The van der Waals surface area contributed by atoms with Crippen molar-refractivity contribution in [2.45, 2.75) is 0 Å². The Bertz CT molecular complexity index is 625. The highest BCUT2D eigenvalue weighted by molar-refractivity contribution is 9.10. The van der Waals surface area contributed by atoms with Crippen LogP contribution in [0.4, 0.5) is 5.82 Å². The van der Waals surface area contributed by atoms with E-state index in [9.17, 15) is 0 Å². The summed E-state index contributed by atoms with van der Waals surface area (Å²) in [5, 5.41) is 4.96. The Balaban J connectivity index is 2.23. The molecule has 4 nitrogen and oxygen atoms in total. The Labute approximate surface area is 104 Å². The van der Waals surface area contributed by atoms with E-state index < -0.39 is 0 Å². The van der Waals surface area contributed by atoms with E-state index in [-0.39, 0.29) is 0 Å². The Morgan fingerprint density at radius 3 is 2.81 bits per heavy atom. The summed E-state index contributed by atoms with van der Waals surface area (Å²) in [7, 11) is 0. The highest BCUT2D eigenvalue weighted by Gasteiger charge is 2.10. The van der Waals surface area contributed by atoms with Gasteiger partial charge in [0.15, 0.2) is 0 Å². The maximum Gasteiger partial charge on any atom is 0.213 e. The molecular formula is C10H7BrN4S. The zero-order valence-corrected chi connectivity index (χ0v) is 10.5. The number of hydrogen-bond donors (Lipinski definition) is 1. The molecule has 0 saturated heterocycles. The number of aromatic nitrogens is 3. The van der Waals surface area contributed by atoms with Crippen LogP contribution >= 0.6 is 27.3 Å². The van der Waals surface area contributed by atoms with Crippen LogP contribution < -0.4 is 5.73 Å². The predicted molar refractivity (Wildman–Crippen MR) is 68.9 cm³/mol. The zero-order chi connectivity index (χ0) is 11.1. The number of thiazole rings is 1. The second-order valence-electron chi connectivity index (χ2n) is 3.25. The number of benzene rings is 1. The Hall–Kier alpha value is -1.40. The molecule has 0 aliphatic rings. The molecule has 0 amide bonds. The first-order chi connectivity index (χ1) is 7.75. The molecule has 2 aromatic heterocycles. The summed E-state index contributed by atoms with van der Waals surface area (Å²) >= 11 is 4.89. The number of fused-ring (bicyclic) bond motifs is 1. The highest BCUT2D eigenvalue weighted by atomic mass is 79.9. The van der Waals surface area contributed by atoms with Crippen LogP contribution in [0.15, 0.2) is 34.9 Å². The third kappa shape index (κ3) is 1.42. The molecule has 0 unspecified atom stereocenters. The Morgan fingerprint density at radius 2 is 2.12 bits per heavy atom. The van der Waals surface area contributed by atoms with Gasteiger partial charge in [-0.1, -0.05) is 23.5 Å². The number of para-hydroxylation sites is 1. The number of anilines is 1. The molecule has 0 fully saturated rings. The summed E-state index contributed by atoms with van der Waals surface area (Å²) in [5.41, 5.74) is 6.84. The Kier molecular flexibility index (Phi) is 2.19. The van der Waals surface area contributed by atoms with Crippen molar-refractivity contribution in [3.63, 3.8) is 0 Å². The SMILES string of the molecule is Nc1c(Br)cnn1-c1nc2ccccc2s1. The molecule has 2 N–H and O–H groups in total. The van der Waals surface area contributed by atoms with Gasteiger partial charge in [-0.05, 0) is 28.1 Å². The molecule has 80 valence electrons. The smallest absolute Gasteiger partial charge is 0.213 e. The van der Waals surface area contributed by atoms with Gasteiger partial charge in [0.1, 0.15) is 5.82 Å². The fraction of sp³-hybridized carbons (Fsp3) is 0. The number of nitrogens with two attached hydrogens (primary N) is 1. The van der Waals surface area contributed by atoms with Crippen molar-refractivity contribution in [2.24, 2.45) is 0 Å². The van der Waals surface area contributed by atoms with Gasteiger partial charge in [-0.3, -0.25) is 0 Å². The summed E-state index contributed by atoms with van der Waals surface area (Å²) < 4.78 is 3.55. The number of hydrogen-bond acceptors (Lipinski definition) is 4. The maximum atomic E-state index is 5.88. The minimum Gasteiger partial charge on any atom is -0.383 e. The van der Waals surface area contributed by atoms with Crippen molar-refractivity contribution in [1.82, 2.24) is 14.8 Å². The van der Waals surface area contributed by atoms with Crippen molar-refractivity contribution in [1.29, 1.82) is 0 Å². The molecule has 0 radical (unpaired) electrons. The van der Waals surface area contributed by atoms with E-state index in [2.05, 4.69) is 26.0 Å². The summed E-state index contributed by atoms with van der Waals surface area (Å²) in [4.78, 5) is 4.48. The predicted octanol–water partition coefficient (Wildman–Crippen LogP) is 2.83. The van der Waals surface area contributed by atoms with Gasteiger partial charge in [-0.2, -0.15) is 9.78 Å². The van der Waals surface area contributed by atoms with E-state index in [0.717, 1.165) is 19.8 Å². The lowest BCUT2D eigenvalue weighted by molar-refractivity contribution is 0.883. The monoisotopic (exact) mass is 294 g/mol. The number of nitrogen functional groups attached to an aromatic ring is 1. The normalized spacial score (nSPS) is 11.1. The molecule has 0 aliphatic carbocycles. The van der Waals surface area contributed by atoms with Crippen molar-refractivity contribution in [2.75, 3.05) is 5.73 Å². The summed E-state index contributed by atoms with van der Waals surface area (Å²) in [6.07, 6.45) is 1.67. The summed E-state index contributed by atoms with van der Waals surface area (Å²) in [6, 6.07) is 7.97. The molecule has 0 spiro atoms. The largest absolute Gasteiger partial charge is 0.383 e. The molecule has 0 saturated carbocycles. The van der Waals surface area contributed by atoms with Crippen molar-refractivity contribution < 1.29 is 0 Å². The molecule has 0 bridgehead atoms. The van der Waals surface area contributed by atoms with Crippen molar-refractivity contribution in [3.8, 4) is 5.13 Å². The van der Waals surface area contributed by atoms with Gasteiger partial charge in [0.25, 0.3) is 0 Å². The van der Waals surface area contributed by atoms with Gasteiger partial charge in [0, 0.05) is 0 Å². The number of halogens is 1. The number of rotatable bonds is 1. The van der Waals surface area contributed by atoms with E-state index in [1.807, 2.05) is 24.3 Å². The van der Waals surface area contributed by atoms with Crippen LogP contribution in [0.1, 0.15) is 0 Å². The molecule has 6 heteroatoms. The second kappa shape index (κ2) is 3.57. The molecule has 3 rings (SSSR count). The summed E-state index contributed by atoms with van der Waals surface area (Å²) in [5.74, 6) is 0.569. The molecule has 3 aromatic rings. The minimum atomic E-state index is 0.569. The third-order valence-electron chi connectivity index (χ3n) is 2.22. The van der Waals surface area contributed by atoms with Crippen LogP contribution in [0.2, 0.25) is 0 Å². The third-order valence-corrected chi connectivity index (χ3v) is 3.85. The lowest BCUT2D eigenvalue weighted by atomic mass is 10.3. The molecule has 2 heterocycles. The first-order valence-electron chi connectivity index (χ1n) is 4.60.